The number of nitrogens with two attached hydrogens (primary N) is 1. The number of nitrogens with one attached hydrogen (secondary N) is 1. The first-order chi connectivity index (χ1) is 7.81. The molecular weight excluding hydrogens is 222 g/mol. The van der Waals surface area contributed by atoms with E-state index in [1.807, 2.05) is 30.5 Å². The van der Waals surface area contributed by atoms with Gasteiger partial charge in [0.25, 0.3) is 0 Å². The summed E-state index contributed by atoms with van der Waals surface area (Å²) in [6, 6.07) is 7.77. The van der Waals surface area contributed by atoms with E-state index >= 15 is 0 Å². The predicted molar refractivity (Wildman–Crippen MR) is 66.4 cm³/mol. The molecule has 16 heavy (non-hydrogen) atoms. The van der Waals surface area contributed by atoms with Crippen LogP contribution in [0.5, 0.6) is 0 Å². The van der Waals surface area contributed by atoms with Gasteiger partial charge in [-0.25, -0.2) is 0 Å². The highest BCUT2D eigenvalue weighted by molar-refractivity contribution is 6.30. The first-order valence-electron chi connectivity index (χ1n) is 5.29. The molecule has 3 N–H and O–H groups in total. The Morgan fingerprint density at radius 1 is 1.25 bits per heavy atom. The van der Waals surface area contributed by atoms with E-state index in [2.05, 4.69) is 10.2 Å². The molecule has 0 bridgehead atoms. The number of rotatable bonds is 4. The zero-order chi connectivity index (χ0) is 11.4. The zero-order valence-electron chi connectivity index (χ0n) is 8.91. The molecular formula is C12H14ClN3. The summed E-state index contributed by atoms with van der Waals surface area (Å²) in [5.41, 5.74) is 8.89. The third-order valence-corrected chi connectivity index (χ3v) is 2.76. The van der Waals surface area contributed by atoms with Crippen molar-refractivity contribution < 1.29 is 0 Å². The van der Waals surface area contributed by atoms with E-state index in [0.717, 1.165) is 34.7 Å². The van der Waals surface area contributed by atoms with Crippen molar-refractivity contribution in [3.8, 4) is 11.1 Å². The fraction of sp³-hybridized carbons (Fsp3) is 0.250. The molecule has 0 radical (unpaired) electrons. The number of nitrogens with zero attached hydrogens (tertiary/aromatic N) is 1. The third kappa shape index (κ3) is 2.43. The van der Waals surface area contributed by atoms with Crippen molar-refractivity contribution >= 4 is 11.6 Å². The molecule has 1 heterocycles. The Morgan fingerprint density at radius 2 is 2.00 bits per heavy atom. The van der Waals surface area contributed by atoms with Gasteiger partial charge in [-0.1, -0.05) is 23.7 Å². The molecule has 0 amide bonds. The van der Waals surface area contributed by atoms with Crippen LogP contribution < -0.4 is 5.73 Å². The first-order valence-corrected chi connectivity index (χ1v) is 5.67. The molecule has 0 atom stereocenters. The van der Waals surface area contributed by atoms with Crippen LogP contribution in [0, 0.1) is 0 Å². The van der Waals surface area contributed by atoms with E-state index in [-0.39, 0.29) is 0 Å². The van der Waals surface area contributed by atoms with E-state index in [4.69, 9.17) is 17.3 Å². The average Bonchev–Trinajstić information content (AvgIpc) is 2.75. The Hall–Kier alpha value is -1.32. The standard InChI is InChI=1S/C12H14ClN3/c13-10-5-3-9(4-6-10)11-8-15-16-12(11)2-1-7-14/h3-6,8H,1-2,7,14H2,(H,15,16). The monoisotopic (exact) mass is 235 g/mol. The van der Waals surface area contributed by atoms with Gasteiger partial charge in [0.2, 0.25) is 0 Å². The molecule has 84 valence electrons. The van der Waals surface area contributed by atoms with Crippen LogP contribution in [0.1, 0.15) is 12.1 Å². The molecule has 4 heteroatoms. The largest absolute Gasteiger partial charge is 0.330 e. The molecule has 1 aromatic heterocycles. The Bertz CT molecular complexity index is 448. The smallest absolute Gasteiger partial charge is 0.0568 e. The highest BCUT2D eigenvalue weighted by Gasteiger charge is 2.06. The lowest BCUT2D eigenvalue weighted by molar-refractivity contribution is 0.805. The molecule has 0 aliphatic carbocycles. The van der Waals surface area contributed by atoms with Crippen molar-refractivity contribution in [1.82, 2.24) is 10.2 Å². The van der Waals surface area contributed by atoms with Crippen molar-refractivity contribution in [1.29, 1.82) is 0 Å². The van der Waals surface area contributed by atoms with Gasteiger partial charge in [0.1, 0.15) is 0 Å². The van der Waals surface area contributed by atoms with Gasteiger partial charge in [-0.2, -0.15) is 5.10 Å². The summed E-state index contributed by atoms with van der Waals surface area (Å²) in [6.07, 6.45) is 3.73. The van der Waals surface area contributed by atoms with Gasteiger partial charge in [-0.15, -0.1) is 0 Å². The maximum Gasteiger partial charge on any atom is 0.0568 e. The number of H-pyrrole nitrogens is 1. The van der Waals surface area contributed by atoms with Gasteiger partial charge >= 0.3 is 0 Å². The molecule has 0 saturated heterocycles. The highest BCUT2D eigenvalue weighted by atomic mass is 35.5. The fourth-order valence-electron chi connectivity index (χ4n) is 1.66. The van der Waals surface area contributed by atoms with Gasteiger partial charge in [0.05, 0.1) is 6.20 Å². The van der Waals surface area contributed by atoms with Crippen LogP contribution in [-0.4, -0.2) is 16.7 Å². The SMILES string of the molecule is NCCCc1[nH]ncc1-c1ccc(Cl)cc1. The molecule has 0 fully saturated rings. The van der Waals surface area contributed by atoms with Crippen LogP contribution in [0.4, 0.5) is 0 Å². The fourth-order valence-corrected chi connectivity index (χ4v) is 1.79. The van der Waals surface area contributed by atoms with Crippen molar-refractivity contribution in [3.63, 3.8) is 0 Å². The number of hydrogen-bond donors (Lipinski definition) is 2. The molecule has 0 unspecified atom stereocenters. The third-order valence-electron chi connectivity index (χ3n) is 2.50. The van der Waals surface area contributed by atoms with Crippen molar-refractivity contribution in [2.24, 2.45) is 5.73 Å². The topological polar surface area (TPSA) is 54.7 Å². The van der Waals surface area contributed by atoms with E-state index in [1.54, 1.807) is 0 Å². The van der Waals surface area contributed by atoms with Crippen LogP contribution in [0.25, 0.3) is 11.1 Å². The van der Waals surface area contributed by atoms with Gasteiger partial charge in [-0.3, -0.25) is 5.10 Å². The Morgan fingerprint density at radius 3 is 2.69 bits per heavy atom. The van der Waals surface area contributed by atoms with Gasteiger partial charge in [0, 0.05) is 16.3 Å². The second-order valence-electron chi connectivity index (χ2n) is 3.66. The highest BCUT2D eigenvalue weighted by Crippen LogP contribution is 2.24. The first kappa shape index (κ1) is 11.2. The Balaban J connectivity index is 2.26. The zero-order valence-corrected chi connectivity index (χ0v) is 9.67. The van der Waals surface area contributed by atoms with Crippen LogP contribution >= 0.6 is 11.6 Å². The Labute approximate surface area is 99.6 Å². The summed E-state index contributed by atoms with van der Waals surface area (Å²) in [5, 5.41) is 7.84. The normalized spacial score (nSPS) is 10.6. The van der Waals surface area contributed by atoms with Crippen LogP contribution in [0.2, 0.25) is 5.02 Å². The summed E-state index contributed by atoms with van der Waals surface area (Å²) in [6.45, 7) is 0.694. The molecule has 2 rings (SSSR count). The number of hydrogen-bond acceptors (Lipinski definition) is 2. The summed E-state index contributed by atoms with van der Waals surface area (Å²) in [4.78, 5) is 0. The molecule has 0 spiro atoms. The number of aromatic amines is 1. The number of halogens is 1. The van der Waals surface area contributed by atoms with Crippen LogP contribution in [0.15, 0.2) is 30.5 Å². The molecule has 0 saturated carbocycles. The molecule has 2 aromatic rings. The van der Waals surface area contributed by atoms with E-state index in [0.29, 0.717) is 6.54 Å². The summed E-state index contributed by atoms with van der Waals surface area (Å²) in [5.74, 6) is 0. The quantitative estimate of drug-likeness (QED) is 0.856. The number of aryl methyl sites for hydroxylation is 1. The van der Waals surface area contributed by atoms with Crippen molar-refractivity contribution in [2.45, 2.75) is 12.8 Å². The second-order valence-corrected chi connectivity index (χ2v) is 4.10. The number of aromatic nitrogens is 2. The maximum absolute atomic E-state index is 5.86. The predicted octanol–water partition coefficient (Wildman–Crippen LogP) is 2.62. The molecule has 3 nitrogen and oxygen atoms in total. The summed E-state index contributed by atoms with van der Waals surface area (Å²) in [7, 11) is 0. The summed E-state index contributed by atoms with van der Waals surface area (Å²) < 4.78 is 0. The van der Waals surface area contributed by atoms with E-state index in [9.17, 15) is 0 Å². The Kier molecular flexibility index (Phi) is 3.59. The minimum atomic E-state index is 0.694. The minimum absolute atomic E-state index is 0.694. The lowest BCUT2D eigenvalue weighted by Gasteiger charge is -2.02. The molecule has 0 aliphatic rings. The van der Waals surface area contributed by atoms with Gasteiger partial charge in [0.15, 0.2) is 0 Å². The van der Waals surface area contributed by atoms with Gasteiger partial charge in [-0.05, 0) is 37.1 Å². The molecule has 0 aliphatic heterocycles. The van der Waals surface area contributed by atoms with E-state index in [1.165, 1.54) is 0 Å². The second kappa shape index (κ2) is 5.14. The maximum atomic E-state index is 5.86. The summed E-state index contributed by atoms with van der Waals surface area (Å²) >= 11 is 5.86. The van der Waals surface area contributed by atoms with Crippen LogP contribution in [-0.2, 0) is 6.42 Å². The lowest BCUT2D eigenvalue weighted by atomic mass is 10.0. The minimum Gasteiger partial charge on any atom is -0.330 e. The van der Waals surface area contributed by atoms with Crippen molar-refractivity contribution in [2.75, 3.05) is 6.54 Å². The molecule has 1 aromatic carbocycles. The van der Waals surface area contributed by atoms with Crippen molar-refractivity contribution in [3.05, 3.63) is 41.2 Å². The average molecular weight is 236 g/mol. The van der Waals surface area contributed by atoms with Gasteiger partial charge < -0.3 is 5.73 Å². The van der Waals surface area contributed by atoms with E-state index < -0.39 is 0 Å². The number of benzene rings is 1. The van der Waals surface area contributed by atoms with Crippen LogP contribution in [0.3, 0.4) is 0 Å². The lowest BCUT2D eigenvalue weighted by Crippen LogP contribution is -2.01.